The molecule has 0 spiro atoms. The lowest BCUT2D eigenvalue weighted by atomic mass is 10.1. The van der Waals surface area contributed by atoms with Gasteiger partial charge in [0.15, 0.2) is 0 Å². The third-order valence-corrected chi connectivity index (χ3v) is 5.38. The largest absolute Gasteiger partial charge is 0.327 e. The zero-order chi connectivity index (χ0) is 14.7. The Hall–Kier alpha value is -1.25. The Morgan fingerprint density at radius 3 is 2.76 bits per heavy atom. The van der Waals surface area contributed by atoms with Gasteiger partial charge < -0.3 is 5.73 Å². The fraction of sp³-hybridized carbons (Fsp3) is 0.368. The Bertz CT molecular complexity index is 621. The van der Waals surface area contributed by atoms with Crippen molar-refractivity contribution in [1.29, 1.82) is 0 Å². The van der Waals surface area contributed by atoms with Crippen LogP contribution in [0.4, 0.5) is 0 Å². The Balaban J connectivity index is 1.81. The van der Waals surface area contributed by atoms with E-state index in [1.165, 1.54) is 34.6 Å². The summed E-state index contributed by atoms with van der Waals surface area (Å²) < 4.78 is 0. The minimum absolute atomic E-state index is 0.256. The number of aryl methyl sites for hydroxylation is 2. The van der Waals surface area contributed by atoms with E-state index in [0.29, 0.717) is 0 Å². The number of nitrogens with two attached hydrogens (primary N) is 1. The van der Waals surface area contributed by atoms with E-state index in [1.54, 1.807) is 11.1 Å². The fourth-order valence-electron chi connectivity index (χ4n) is 2.94. The Labute approximate surface area is 132 Å². The van der Waals surface area contributed by atoms with Crippen molar-refractivity contribution < 1.29 is 0 Å². The number of hydrogen-bond donors (Lipinski definition) is 1. The maximum absolute atomic E-state index is 6.13. The lowest BCUT2D eigenvalue weighted by molar-refractivity contribution is 0.641. The summed E-state index contributed by atoms with van der Waals surface area (Å²) >= 11 is 1.88. The van der Waals surface area contributed by atoms with Crippen LogP contribution < -0.4 is 5.73 Å². The van der Waals surface area contributed by atoms with Crippen LogP contribution in [0.2, 0.25) is 0 Å². The Kier molecular flexibility index (Phi) is 4.67. The van der Waals surface area contributed by atoms with Crippen molar-refractivity contribution in [2.75, 3.05) is 0 Å². The topological polar surface area (TPSA) is 26.0 Å². The molecule has 0 amide bonds. The highest BCUT2D eigenvalue weighted by molar-refractivity contribution is 7.99. The van der Waals surface area contributed by atoms with Gasteiger partial charge in [0.05, 0.1) is 0 Å². The van der Waals surface area contributed by atoms with Gasteiger partial charge in [0, 0.05) is 15.8 Å². The van der Waals surface area contributed by atoms with Gasteiger partial charge in [-0.05, 0) is 67.0 Å². The average molecular weight is 297 g/mol. The van der Waals surface area contributed by atoms with Crippen LogP contribution in [0.5, 0.6) is 0 Å². The summed E-state index contributed by atoms with van der Waals surface area (Å²) in [7, 11) is 0. The second-order valence-electron chi connectivity index (χ2n) is 5.87. The van der Waals surface area contributed by atoms with E-state index in [4.69, 9.17) is 5.73 Å². The molecule has 0 fully saturated rings. The van der Waals surface area contributed by atoms with Crippen molar-refractivity contribution in [2.24, 2.45) is 5.73 Å². The Morgan fingerprint density at radius 1 is 1.10 bits per heavy atom. The van der Waals surface area contributed by atoms with Crippen LogP contribution >= 0.6 is 11.8 Å². The van der Waals surface area contributed by atoms with E-state index in [2.05, 4.69) is 49.4 Å². The molecular weight excluding hydrogens is 274 g/mol. The molecule has 2 heteroatoms. The predicted octanol–water partition coefficient (Wildman–Crippen LogP) is 4.61. The minimum atomic E-state index is 0.256. The monoisotopic (exact) mass is 297 g/mol. The number of rotatable bonds is 5. The molecule has 1 unspecified atom stereocenters. The van der Waals surface area contributed by atoms with E-state index in [1.807, 2.05) is 11.8 Å². The summed E-state index contributed by atoms with van der Waals surface area (Å²) in [4.78, 5) is 2.70. The first kappa shape index (κ1) is 14.7. The molecule has 1 aliphatic rings. The molecule has 0 radical (unpaired) electrons. The van der Waals surface area contributed by atoms with E-state index < -0.39 is 0 Å². The molecule has 110 valence electrons. The highest BCUT2D eigenvalue weighted by Gasteiger charge is 2.12. The molecule has 0 bridgehead atoms. The first-order valence-corrected chi connectivity index (χ1v) is 8.71. The lowest BCUT2D eigenvalue weighted by Crippen LogP contribution is -2.21. The third-order valence-electron chi connectivity index (χ3n) is 4.28. The second kappa shape index (κ2) is 6.67. The maximum atomic E-state index is 6.13. The van der Waals surface area contributed by atoms with Gasteiger partial charge >= 0.3 is 0 Å². The Morgan fingerprint density at radius 2 is 1.90 bits per heavy atom. The quantitative estimate of drug-likeness (QED) is 0.872. The van der Waals surface area contributed by atoms with Crippen molar-refractivity contribution in [3.05, 3.63) is 59.2 Å². The minimum Gasteiger partial charge on any atom is -0.327 e. The summed E-state index contributed by atoms with van der Waals surface area (Å²) in [5.74, 6) is 0. The van der Waals surface area contributed by atoms with Crippen LogP contribution in [0.25, 0.3) is 0 Å². The summed E-state index contributed by atoms with van der Waals surface area (Å²) in [6.07, 6.45) is 5.79. The van der Waals surface area contributed by atoms with Gasteiger partial charge in [-0.3, -0.25) is 0 Å². The molecule has 1 atom stereocenters. The van der Waals surface area contributed by atoms with Gasteiger partial charge in [-0.25, -0.2) is 0 Å². The van der Waals surface area contributed by atoms with Crippen LogP contribution in [0.15, 0.2) is 52.3 Å². The van der Waals surface area contributed by atoms with Gasteiger partial charge in [-0.2, -0.15) is 0 Å². The summed E-state index contributed by atoms with van der Waals surface area (Å²) in [6.45, 7) is 2.15. The molecular formula is C19H23NS. The van der Waals surface area contributed by atoms with Crippen molar-refractivity contribution in [3.63, 3.8) is 0 Å². The van der Waals surface area contributed by atoms with Crippen LogP contribution in [0.1, 0.15) is 36.5 Å². The second-order valence-corrected chi connectivity index (χ2v) is 6.98. The van der Waals surface area contributed by atoms with Crippen molar-refractivity contribution in [2.45, 2.75) is 54.9 Å². The molecule has 0 heterocycles. The number of hydrogen-bond acceptors (Lipinski definition) is 2. The SMILES string of the molecule is CCC(N)Cc1ccccc1Sc1ccc2c(c1)CCC2. The summed E-state index contributed by atoms with van der Waals surface area (Å²) in [5, 5.41) is 0. The molecule has 0 aliphatic heterocycles. The molecule has 2 N–H and O–H groups in total. The molecule has 1 nitrogen and oxygen atoms in total. The highest BCUT2D eigenvalue weighted by Crippen LogP contribution is 2.34. The lowest BCUT2D eigenvalue weighted by Gasteiger charge is -2.13. The van der Waals surface area contributed by atoms with Gasteiger partial charge in [-0.15, -0.1) is 0 Å². The normalized spacial score (nSPS) is 15.0. The molecule has 3 rings (SSSR count). The molecule has 0 saturated heterocycles. The van der Waals surface area contributed by atoms with Crippen LogP contribution in [-0.4, -0.2) is 6.04 Å². The first-order chi connectivity index (χ1) is 10.3. The molecule has 0 aromatic heterocycles. The third kappa shape index (κ3) is 3.50. The van der Waals surface area contributed by atoms with Crippen LogP contribution in [0.3, 0.4) is 0 Å². The smallest absolute Gasteiger partial charge is 0.0154 e. The van der Waals surface area contributed by atoms with Crippen molar-refractivity contribution in [3.8, 4) is 0 Å². The van der Waals surface area contributed by atoms with E-state index in [0.717, 1.165) is 12.8 Å². The average Bonchev–Trinajstić information content (AvgIpc) is 2.96. The molecule has 21 heavy (non-hydrogen) atoms. The maximum Gasteiger partial charge on any atom is 0.0154 e. The first-order valence-electron chi connectivity index (χ1n) is 7.89. The summed E-state index contributed by atoms with van der Waals surface area (Å²) in [5.41, 5.74) is 10.6. The van der Waals surface area contributed by atoms with Crippen LogP contribution in [-0.2, 0) is 19.3 Å². The highest BCUT2D eigenvalue weighted by atomic mass is 32.2. The molecule has 0 saturated carbocycles. The zero-order valence-electron chi connectivity index (χ0n) is 12.6. The van der Waals surface area contributed by atoms with Crippen molar-refractivity contribution >= 4 is 11.8 Å². The standard InChI is InChI=1S/C19H23NS/c1-2-17(20)12-16-6-3-4-9-19(16)21-18-11-10-14-7-5-8-15(14)13-18/h3-4,6,9-11,13,17H,2,5,7-8,12,20H2,1H3. The van der Waals surface area contributed by atoms with Gasteiger partial charge in [-0.1, -0.05) is 43.0 Å². The number of benzene rings is 2. The van der Waals surface area contributed by atoms with Crippen LogP contribution in [0, 0.1) is 0 Å². The van der Waals surface area contributed by atoms with E-state index in [-0.39, 0.29) is 6.04 Å². The van der Waals surface area contributed by atoms with Crippen molar-refractivity contribution in [1.82, 2.24) is 0 Å². The van der Waals surface area contributed by atoms with Gasteiger partial charge in [0.1, 0.15) is 0 Å². The van der Waals surface area contributed by atoms with E-state index in [9.17, 15) is 0 Å². The molecule has 2 aromatic rings. The molecule has 1 aliphatic carbocycles. The predicted molar refractivity (Wildman–Crippen MR) is 91.0 cm³/mol. The fourth-order valence-corrected chi connectivity index (χ4v) is 3.96. The summed E-state index contributed by atoms with van der Waals surface area (Å²) in [6, 6.07) is 15.9. The van der Waals surface area contributed by atoms with E-state index >= 15 is 0 Å². The van der Waals surface area contributed by atoms with Gasteiger partial charge in [0.2, 0.25) is 0 Å². The zero-order valence-corrected chi connectivity index (χ0v) is 13.5. The number of fused-ring (bicyclic) bond motifs is 1. The van der Waals surface area contributed by atoms with Gasteiger partial charge in [0.25, 0.3) is 0 Å². The molecule has 2 aromatic carbocycles.